The number of aromatic nitrogens is 6. The summed E-state index contributed by atoms with van der Waals surface area (Å²) in [5, 5.41) is 9.07. The minimum Gasteiger partial charge on any atom is -0.305 e. The van der Waals surface area contributed by atoms with Gasteiger partial charge < -0.3 is 15.0 Å². The molecule has 0 aliphatic rings. The summed E-state index contributed by atoms with van der Waals surface area (Å²) in [4.78, 5) is 28.3. The first kappa shape index (κ1) is 66.1. The molecule has 0 spiro atoms. The molecule has 99 heavy (non-hydrogen) atoms. The number of hydrogen-bond donors (Lipinski definition) is 0. The summed E-state index contributed by atoms with van der Waals surface area (Å²) in [6.07, 6.45) is 20.1. The van der Waals surface area contributed by atoms with Gasteiger partial charge in [0, 0.05) is 30.5 Å². The van der Waals surface area contributed by atoms with Crippen LogP contribution in [0.2, 0.25) is 0 Å². The van der Waals surface area contributed by atoms with Crippen LogP contribution < -0.4 is 0 Å². The van der Waals surface area contributed by atoms with Gasteiger partial charge in [0.15, 0.2) is 0 Å². The molecule has 0 saturated carbocycles. The van der Waals surface area contributed by atoms with Crippen molar-refractivity contribution >= 4 is 54.1 Å². The van der Waals surface area contributed by atoms with E-state index in [4.69, 9.17) is 9.97 Å². The van der Waals surface area contributed by atoms with E-state index in [1.165, 1.54) is 93.7 Å². The SMILES string of the molecule is [CH2-]c1cc(CCc2cc(CCc3c[c-]c(-c4ccccn4)cc3)cc(CCc3c[c-]c4c(c3)c3cccc5c6cc(CCc7cc(CCc8c[c-]c(-c9ccccn9)cc8)cc(CCc8c[c-]c(-c9ccccn9)cc8)c7)c[c-]c6c6ncnc4c6c53)c2)ccc1-c1ccccn1.[Ir+3].[Ir+3]. The number of hydrogen-bond acceptors (Lipinski definition) is 6. The summed E-state index contributed by atoms with van der Waals surface area (Å²) < 4.78 is 0. The minimum atomic E-state index is 0. The molecular weight excluding hydrogens is 1560 g/mol. The van der Waals surface area contributed by atoms with Crippen molar-refractivity contribution in [3.8, 4) is 45.0 Å². The van der Waals surface area contributed by atoms with E-state index in [2.05, 4.69) is 209 Å². The fourth-order valence-corrected chi connectivity index (χ4v) is 14.2. The number of fused-ring (bicyclic) bond motifs is 6. The first-order valence-corrected chi connectivity index (χ1v) is 33.9. The van der Waals surface area contributed by atoms with E-state index in [0.717, 1.165) is 155 Å². The smallest absolute Gasteiger partial charge is 0.305 e. The molecule has 5 heterocycles. The number of nitrogens with zero attached hydrogens (tertiary/aromatic N) is 6. The molecule has 0 radical (unpaired) electrons. The van der Waals surface area contributed by atoms with Crippen LogP contribution in [0.25, 0.3) is 99.2 Å². The standard InChI is InChI=1S/C91H68N6.2Ir/c1-61-51-65(35-44-77(61)87-16-5-9-50-95-87)20-26-71-53-70(25-19-64-33-42-76(43-34-64)86-15-4-8-49-94-86)56-73(57-71)28-22-67-37-46-81-83(59-67)79-12-10-11-78-82-58-66(36-45-80(82)90-89(88(78)79)91(81)97-60-96-90)21-27-72-54-68(23-17-62-29-38-74(39-30-62)84-13-2-6-47-92-84)52-69(55-72)24-18-63-31-40-75(41-32-63)85-14-3-7-48-93-85;;/h2-16,29-38,40,42,44,47-60H,1,17-28H2;;/q-6;2*+3. The van der Waals surface area contributed by atoms with Crippen molar-refractivity contribution in [3.05, 3.63) is 365 Å². The van der Waals surface area contributed by atoms with E-state index in [-0.39, 0.29) is 40.2 Å². The first-order chi connectivity index (χ1) is 47.9. The van der Waals surface area contributed by atoms with Crippen LogP contribution in [0, 0.1) is 37.3 Å². The Labute approximate surface area is 606 Å². The molecule has 16 aromatic rings. The van der Waals surface area contributed by atoms with Gasteiger partial charge in [-0.25, -0.2) is 0 Å². The molecule has 8 heteroatoms. The van der Waals surface area contributed by atoms with Crippen LogP contribution in [-0.2, 0) is 117 Å². The maximum absolute atomic E-state index is 5.04. The molecular formula is C91H68Ir2N6. The van der Waals surface area contributed by atoms with Crippen molar-refractivity contribution < 1.29 is 40.2 Å². The number of benzene rings is 11. The first-order valence-electron chi connectivity index (χ1n) is 33.9. The maximum atomic E-state index is 5.04. The molecule has 0 N–H and O–H groups in total. The maximum Gasteiger partial charge on any atom is 3.00 e. The molecule has 16 rings (SSSR count). The summed E-state index contributed by atoms with van der Waals surface area (Å²) in [5.74, 6) is 0. The molecule has 0 atom stereocenters. The van der Waals surface area contributed by atoms with Crippen LogP contribution in [0.5, 0.6) is 0 Å². The van der Waals surface area contributed by atoms with E-state index in [0.29, 0.717) is 0 Å². The van der Waals surface area contributed by atoms with Crippen molar-refractivity contribution in [2.45, 2.75) is 77.0 Å². The molecule has 0 amide bonds. The predicted octanol–water partition coefficient (Wildman–Crippen LogP) is 19.8. The number of pyridine rings is 4. The predicted molar refractivity (Wildman–Crippen MR) is 395 cm³/mol. The molecule has 0 aliphatic carbocycles. The summed E-state index contributed by atoms with van der Waals surface area (Å²) in [7, 11) is 0. The second-order valence-corrected chi connectivity index (χ2v) is 25.8. The Morgan fingerprint density at radius 1 is 0.263 bits per heavy atom. The van der Waals surface area contributed by atoms with Crippen LogP contribution >= 0.6 is 0 Å². The second-order valence-electron chi connectivity index (χ2n) is 25.8. The summed E-state index contributed by atoms with van der Waals surface area (Å²) in [6.45, 7) is 4.44. The van der Waals surface area contributed by atoms with Gasteiger partial charge in [-0.15, -0.1) is 182 Å². The fourth-order valence-electron chi connectivity index (χ4n) is 14.2. The van der Waals surface area contributed by atoms with Gasteiger partial charge >= 0.3 is 40.2 Å². The largest absolute Gasteiger partial charge is 3.00 e. The van der Waals surface area contributed by atoms with Gasteiger partial charge in [0.2, 0.25) is 0 Å². The zero-order chi connectivity index (χ0) is 64.9. The number of rotatable bonds is 22. The third-order valence-electron chi connectivity index (χ3n) is 19.2. The third kappa shape index (κ3) is 14.8. The van der Waals surface area contributed by atoms with Gasteiger partial charge in [-0.05, 0) is 142 Å². The van der Waals surface area contributed by atoms with Crippen LogP contribution in [0.15, 0.2) is 256 Å². The topological polar surface area (TPSA) is 77.3 Å². The van der Waals surface area contributed by atoms with Gasteiger partial charge in [-0.2, -0.15) is 18.6 Å². The van der Waals surface area contributed by atoms with E-state index < -0.39 is 0 Å². The van der Waals surface area contributed by atoms with Crippen molar-refractivity contribution in [2.24, 2.45) is 0 Å². The quantitative estimate of drug-likeness (QED) is 0.0382. The zero-order valence-electron chi connectivity index (χ0n) is 54.8. The molecule has 480 valence electrons. The number of aryl methyl sites for hydroxylation is 12. The van der Waals surface area contributed by atoms with Crippen LogP contribution in [0.4, 0.5) is 0 Å². The minimum absolute atomic E-state index is 0. The van der Waals surface area contributed by atoms with Gasteiger partial charge in [0.05, 0.1) is 6.33 Å². The van der Waals surface area contributed by atoms with E-state index in [1.807, 2.05) is 97.6 Å². The molecule has 6 nitrogen and oxygen atoms in total. The molecule has 5 aromatic heterocycles. The summed E-state index contributed by atoms with van der Waals surface area (Å²) in [5.41, 5.74) is 26.4. The summed E-state index contributed by atoms with van der Waals surface area (Å²) in [6, 6.07) is 98.9. The van der Waals surface area contributed by atoms with Gasteiger partial charge in [-0.3, -0.25) is 15.0 Å². The Bertz CT molecular complexity index is 5330. The second kappa shape index (κ2) is 30.3. The Balaban J connectivity index is 0.00000418. The van der Waals surface area contributed by atoms with E-state index >= 15 is 0 Å². The van der Waals surface area contributed by atoms with Gasteiger partial charge in [0.1, 0.15) is 0 Å². The summed E-state index contributed by atoms with van der Waals surface area (Å²) >= 11 is 0. The van der Waals surface area contributed by atoms with Crippen molar-refractivity contribution in [3.63, 3.8) is 0 Å². The molecule has 0 unspecified atom stereocenters. The molecule has 11 aromatic carbocycles. The van der Waals surface area contributed by atoms with Gasteiger partial charge in [-0.1, -0.05) is 162 Å². The molecule has 0 saturated heterocycles. The Kier molecular flexibility index (Phi) is 20.2. The average Bonchev–Trinajstić information content (AvgIpc) is 0.704. The average molecular weight is 1630 g/mol. The monoisotopic (exact) mass is 1630 g/mol. The van der Waals surface area contributed by atoms with Crippen LogP contribution in [0.1, 0.15) is 72.3 Å². The normalized spacial score (nSPS) is 11.4. The Morgan fingerprint density at radius 2 is 0.606 bits per heavy atom. The van der Waals surface area contributed by atoms with E-state index in [9.17, 15) is 0 Å². The molecule has 0 bridgehead atoms. The molecule has 0 aliphatic heterocycles. The van der Waals surface area contributed by atoms with Crippen molar-refractivity contribution in [1.82, 2.24) is 29.9 Å². The Morgan fingerprint density at radius 3 is 0.960 bits per heavy atom. The van der Waals surface area contributed by atoms with Crippen LogP contribution in [-0.4, -0.2) is 29.9 Å². The van der Waals surface area contributed by atoms with E-state index in [1.54, 1.807) is 6.33 Å². The fraction of sp³-hybridized carbons (Fsp3) is 0.132. The zero-order valence-corrected chi connectivity index (χ0v) is 59.6. The van der Waals surface area contributed by atoms with Gasteiger partial charge in [0.25, 0.3) is 0 Å². The molecule has 0 fully saturated rings. The van der Waals surface area contributed by atoms with Crippen molar-refractivity contribution in [2.75, 3.05) is 0 Å². The van der Waals surface area contributed by atoms with Crippen LogP contribution in [0.3, 0.4) is 0 Å². The van der Waals surface area contributed by atoms with Crippen molar-refractivity contribution in [1.29, 1.82) is 0 Å². The Hall–Kier alpha value is -10.2. The third-order valence-corrected chi connectivity index (χ3v) is 19.2.